The molecule has 1 aliphatic carbocycles. The first-order chi connectivity index (χ1) is 9.11. The quantitative estimate of drug-likeness (QED) is 0.874. The molecule has 0 amide bonds. The first-order valence-electron chi connectivity index (χ1n) is 7.09. The summed E-state index contributed by atoms with van der Waals surface area (Å²) >= 11 is 0. The summed E-state index contributed by atoms with van der Waals surface area (Å²) in [5.74, 6) is 2.21. The monoisotopic (exact) mass is 264 g/mol. The Morgan fingerprint density at radius 1 is 1.21 bits per heavy atom. The summed E-state index contributed by atoms with van der Waals surface area (Å²) in [6.07, 6.45) is 6.25. The number of ether oxygens (including phenoxy) is 1. The minimum Gasteiger partial charge on any atom is -0.479 e. The summed E-state index contributed by atoms with van der Waals surface area (Å²) in [4.78, 5) is 8.89. The van der Waals surface area contributed by atoms with Crippen LogP contribution in [0.25, 0.3) is 0 Å². The Balaban J connectivity index is 2.24. The fourth-order valence-corrected chi connectivity index (χ4v) is 2.43. The third-order valence-corrected chi connectivity index (χ3v) is 3.58. The molecule has 0 aromatic carbocycles. The van der Waals surface area contributed by atoms with E-state index in [2.05, 4.69) is 29.1 Å². The highest BCUT2D eigenvalue weighted by Crippen LogP contribution is 2.30. The van der Waals surface area contributed by atoms with Crippen molar-refractivity contribution < 1.29 is 4.74 Å². The highest BCUT2D eigenvalue weighted by molar-refractivity contribution is 5.67. The highest BCUT2D eigenvalue weighted by atomic mass is 16.5. The largest absolute Gasteiger partial charge is 0.479 e. The molecular formula is C14H24N4O. The van der Waals surface area contributed by atoms with Gasteiger partial charge >= 0.3 is 0 Å². The molecule has 0 unspecified atom stereocenters. The lowest BCUT2D eigenvalue weighted by atomic mass is 9.95. The van der Waals surface area contributed by atoms with Gasteiger partial charge in [-0.2, -0.15) is 4.98 Å². The van der Waals surface area contributed by atoms with E-state index in [1.807, 2.05) is 0 Å². The predicted molar refractivity (Wildman–Crippen MR) is 77.6 cm³/mol. The van der Waals surface area contributed by atoms with Crippen molar-refractivity contribution in [2.45, 2.75) is 57.9 Å². The molecule has 0 bridgehead atoms. The Labute approximate surface area is 115 Å². The van der Waals surface area contributed by atoms with Crippen LogP contribution in [0.5, 0.6) is 5.88 Å². The lowest BCUT2D eigenvalue weighted by Crippen LogP contribution is -2.24. The topological polar surface area (TPSA) is 73.1 Å². The Morgan fingerprint density at radius 2 is 1.89 bits per heavy atom. The fraction of sp³-hybridized carbons (Fsp3) is 0.714. The van der Waals surface area contributed by atoms with Crippen LogP contribution in [0.15, 0.2) is 0 Å². The second kappa shape index (κ2) is 6.08. The number of hydrogen-bond acceptors (Lipinski definition) is 5. The summed E-state index contributed by atoms with van der Waals surface area (Å²) in [6, 6.07) is 0.468. The van der Waals surface area contributed by atoms with Gasteiger partial charge in [0, 0.05) is 12.0 Å². The van der Waals surface area contributed by atoms with Crippen LogP contribution in [-0.4, -0.2) is 23.1 Å². The van der Waals surface area contributed by atoms with E-state index >= 15 is 0 Å². The third kappa shape index (κ3) is 3.28. The summed E-state index contributed by atoms with van der Waals surface area (Å²) in [7, 11) is 1.59. The van der Waals surface area contributed by atoms with Crippen molar-refractivity contribution in [3.8, 4) is 5.88 Å². The van der Waals surface area contributed by atoms with Crippen LogP contribution in [0, 0.1) is 0 Å². The van der Waals surface area contributed by atoms with Crippen molar-refractivity contribution in [3.63, 3.8) is 0 Å². The van der Waals surface area contributed by atoms with Gasteiger partial charge < -0.3 is 15.8 Å². The van der Waals surface area contributed by atoms with Gasteiger partial charge in [-0.05, 0) is 12.8 Å². The Bertz CT molecular complexity index is 428. The molecule has 2 rings (SSSR count). The fourth-order valence-electron chi connectivity index (χ4n) is 2.43. The number of nitrogens with zero attached hydrogens (tertiary/aromatic N) is 2. The number of nitrogens with two attached hydrogens (primary N) is 1. The van der Waals surface area contributed by atoms with Crippen molar-refractivity contribution >= 4 is 11.5 Å². The van der Waals surface area contributed by atoms with Crippen LogP contribution in [0.1, 0.15) is 57.7 Å². The van der Waals surface area contributed by atoms with Crippen molar-refractivity contribution in [1.82, 2.24) is 9.97 Å². The Kier molecular flexibility index (Phi) is 4.45. The van der Waals surface area contributed by atoms with Crippen LogP contribution < -0.4 is 15.8 Å². The average Bonchev–Trinajstić information content (AvgIpc) is 2.42. The summed E-state index contributed by atoms with van der Waals surface area (Å²) in [5, 5.41) is 3.46. The van der Waals surface area contributed by atoms with Crippen LogP contribution in [0.4, 0.5) is 11.5 Å². The van der Waals surface area contributed by atoms with Gasteiger partial charge in [0.2, 0.25) is 5.88 Å². The van der Waals surface area contributed by atoms with Gasteiger partial charge in [0.25, 0.3) is 0 Å². The average molecular weight is 264 g/mol. The number of methoxy groups -OCH3 is 1. The summed E-state index contributed by atoms with van der Waals surface area (Å²) in [6.45, 7) is 4.13. The minimum atomic E-state index is 0.251. The van der Waals surface area contributed by atoms with E-state index < -0.39 is 0 Å². The first kappa shape index (κ1) is 13.9. The number of anilines is 2. The molecule has 3 N–H and O–H groups in total. The summed E-state index contributed by atoms with van der Waals surface area (Å²) in [5.41, 5.74) is 6.58. The lowest BCUT2D eigenvalue weighted by molar-refractivity contribution is 0.396. The third-order valence-electron chi connectivity index (χ3n) is 3.58. The zero-order chi connectivity index (χ0) is 13.8. The maximum atomic E-state index is 6.07. The predicted octanol–water partition coefficient (Wildman–Crippen LogP) is 2.94. The molecule has 5 heteroatoms. The summed E-state index contributed by atoms with van der Waals surface area (Å²) < 4.78 is 5.25. The van der Waals surface area contributed by atoms with E-state index in [1.165, 1.54) is 32.1 Å². The normalized spacial score (nSPS) is 16.6. The van der Waals surface area contributed by atoms with Crippen molar-refractivity contribution in [2.24, 2.45) is 0 Å². The maximum Gasteiger partial charge on any atom is 0.242 e. The molecule has 1 heterocycles. The molecule has 0 spiro atoms. The molecule has 19 heavy (non-hydrogen) atoms. The molecule has 1 saturated carbocycles. The molecule has 0 saturated heterocycles. The molecule has 1 aliphatic rings. The van der Waals surface area contributed by atoms with Gasteiger partial charge in [0.05, 0.1) is 7.11 Å². The van der Waals surface area contributed by atoms with Gasteiger partial charge in [-0.25, -0.2) is 4.98 Å². The standard InChI is InChI=1S/C14H24N4O/c1-9(2)12-17-13(11(15)14(18-12)19-3)16-10-7-5-4-6-8-10/h9-10H,4-8,15H2,1-3H3,(H,16,17,18). The van der Waals surface area contributed by atoms with Crippen molar-refractivity contribution in [3.05, 3.63) is 5.82 Å². The molecule has 5 nitrogen and oxygen atoms in total. The smallest absolute Gasteiger partial charge is 0.242 e. The molecule has 106 valence electrons. The van der Waals surface area contributed by atoms with E-state index in [0.29, 0.717) is 17.6 Å². The molecule has 0 atom stereocenters. The van der Waals surface area contributed by atoms with Gasteiger partial charge in [-0.1, -0.05) is 33.1 Å². The molecule has 1 aromatic heterocycles. The zero-order valence-corrected chi connectivity index (χ0v) is 12.1. The minimum absolute atomic E-state index is 0.251. The van der Waals surface area contributed by atoms with E-state index in [-0.39, 0.29) is 5.92 Å². The lowest BCUT2D eigenvalue weighted by Gasteiger charge is -2.24. The maximum absolute atomic E-state index is 6.07. The highest BCUT2D eigenvalue weighted by Gasteiger charge is 2.19. The molecule has 1 aromatic rings. The zero-order valence-electron chi connectivity index (χ0n) is 12.1. The van der Waals surface area contributed by atoms with E-state index in [4.69, 9.17) is 10.5 Å². The van der Waals surface area contributed by atoms with Crippen LogP contribution in [0.3, 0.4) is 0 Å². The van der Waals surface area contributed by atoms with Gasteiger partial charge in [0.1, 0.15) is 11.5 Å². The van der Waals surface area contributed by atoms with Crippen LogP contribution in [0.2, 0.25) is 0 Å². The second-order valence-electron chi connectivity index (χ2n) is 5.49. The number of nitrogens with one attached hydrogen (secondary N) is 1. The van der Waals surface area contributed by atoms with Crippen LogP contribution >= 0.6 is 0 Å². The van der Waals surface area contributed by atoms with E-state index in [0.717, 1.165) is 11.6 Å². The van der Waals surface area contributed by atoms with Crippen LogP contribution in [-0.2, 0) is 0 Å². The van der Waals surface area contributed by atoms with Crippen molar-refractivity contribution in [1.29, 1.82) is 0 Å². The molecule has 0 radical (unpaired) electrons. The second-order valence-corrected chi connectivity index (χ2v) is 5.49. The first-order valence-corrected chi connectivity index (χ1v) is 7.09. The Morgan fingerprint density at radius 3 is 2.47 bits per heavy atom. The van der Waals surface area contributed by atoms with Gasteiger partial charge in [0.15, 0.2) is 5.82 Å². The number of hydrogen-bond donors (Lipinski definition) is 2. The van der Waals surface area contributed by atoms with Gasteiger partial charge in [-0.3, -0.25) is 0 Å². The molecular weight excluding hydrogens is 240 g/mol. The van der Waals surface area contributed by atoms with Gasteiger partial charge in [-0.15, -0.1) is 0 Å². The number of aromatic nitrogens is 2. The Hall–Kier alpha value is -1.52. The molecule has 0 aliphatic heterocycles. The van der Waals surface area contributed by atoms with E-state index in [9.17, 15) is 0 Å². The molecule has 1 fully saturated rings. The number of rotatable bonds is 4. The van der Waals surface area contributed by atoms with E-state index in [1.54, 1.807) is 7.11 Å². The van der Waals surface area contributed by atoms with Crippen molar-refractivity contribution in [2.75, 3.05) is 18.2 Å². The number of nitrogen functional groups attached to an aromatic ring is 1. The SMILES string of the molecule is COc1nc(C(C)C)nc(NC2CCCCC2)c1N.